The SMILES string of the molecule is COc1cc(CN(Cc2ccc(C(=O)O)cc2)C(c2ccc3c(c2)CCO3)C2CCCC2)ccc1OCCN1C(=O)CCC1=O. The van der Waals surface area contributed by atoms with Crippen molar-refractivity contribution in [3.8, 4) is 17.2 Å². The molecule has 1 atom stereocenters. The van der Waals surface area contributed by atoms with Gasteiger partial charge in [-0.2, -0.15) is 0 Å². The maximum Gasteiger partial charge on any atom is 0.335 e. The molecule has 3 aliphatic rings. The van der Waals surface area contributed by atoms with E-state index in [1.54, 1.807) is 19.2 Å². The Morgan fingerprint density at radius 3 is 2.36 bits per heavy atom. The number of hydrogen-bond donors (Lipinski definition) is 1. The number of nitrogens with zero attached hydrogens (tertiary/aromatic N) is 2. The van der Waals surface area contributed by atoms with E-state index in [9.17, 15) is 19.5 Å². The average Bonchev–Trinajstić information content (AvgIpc) is 3.81. The summed E-state index contributed by atoms with van der Waals surface area (Å²) >= 11 is 0. The molecule has 0 bridgehead atoms. The maximum absolute atomic E-state index is 12.0. The summed E-state index contributed by atoms with van der Waals surface area (Å²) in [5.74, 6) is 1.36. The van der Waals surface area contributed by atoms with Crippen LogP contribution in [0.5, 0.6) is 17.2 Å². The Balaban J connectivity index is 1.27. The second-order valence-corrected chi connectivity index (χ2v) is 12.1. The molecule has 3 aromatic rings. The lowest BCUT2D eigenvalue weighted by Crippen LogP contribution is -2.33. The number of fused-ring (bicyclic) bond motifs is 1. The predicted molar refractivity (Wildman–Crippen MR) is 167 cm³/mol. The molecule has 1 N–H and O–H groups in total. The second kappa shape index (κ2) is 13.7. The molecule has 0 radical (unpaired) electrons. The molecule has 1 unspecified atom stereocenters. The van der Waals surface area contributed by atoms with Crippen LogP contribution in [0.15, 0.2) is 60.7 Å². The van der Waals surface area contributed by atoms with Gasteiger partial charge in [0.25, 0.3) is 0 Å². The number of carbonyl (C=O) groups excluding carboxylic acids is 2. The lowest BCUT2D eigenvalue weighted by Gasteiger charge is -2.37. The standard InChI is InChI=1S/C36H40N2O7/c1-43-32-20-25(8-12-31(32)45-19-17-38-33(39)14-15-34(38)40)23-37(22-24-6-9-27(10-7-24)36(41)42)35(26-4-2-3-5-26)29-11-13-30-28(21-29)16-18-44-30/h6-13,20-21,26,35H,2-5,14-19,22-23H2,1H3,(H,41,42). The van der Waals surface area contributed by atoms with Gasteiger partial charge in [-0.3, -0.25) is 19.4 Å². The lowest BCUT2D eigenvalue weighted by molar-refractivity contribution is -0.138. The van der Waals surface area contributed by atoms with Crippen LogP contribution in [0.2, 0.25) is 0 Å². The van der Waals surface area contributed by atoms with Gasteiger partial charge in [-0.15, -0.1) is 0 Å². The van der Waals surface area contributed by atoms with Gasteiger partial charge in [-0.05, 0) is 71.3 Å². The normalized spacial score (nSPS) is 17.1. The number of carboxylic acids is 1. The fourth-order valence-electron chi connectivity index (χ4n) is 6.97. The number of hydrogen-bond acceptors (Lipinski definition) is 7. The number of imide groups is 1. The zero-order chi connectivity index (χ0) is 31.3. The second-order valence-electron chi connectivity index (χ2n) is 12.1. The van der Waals surface area contributed by atoms with Crippen LogP contribution in [0.1, 0.15) is 77.2 Å². The molecule has 0 spiro atoms. The van der Waals surface area contributed by atoms with Crippen molar-refractivity contribution in [2.75, 3.05) is 26.9 Å². The summed E-state index contributed by atoms with van der Waals surface area (Å²) in [4.78, 5) is 39.2. The van der Waals surface area contributed by atoms with Gasteiger partial charge in [0.2, 0.25) is 11.8 Å². The Labute approximate surface area is 263 Å². The summed E-state index contributed by atoms with van der Waals surface area (Å²) in [5, 5.41) is 9.44. The first-order chi connectivity index (χ1) is 21.9. The first-order valence-corrected chi connectivity index (χ1v) is 15.8. The van der Waals surface area contributed by atoms with Crippen molar-refractivity contribution in [1.29, 1.82) is 0 Å². The highest BCUT2D eigenvalue weighted by Gasteiger charge is 2.33. The van der Waals surface area contributed by atoms with Crippen LogP contribution in [0.4, 0.5) is 0 Å². The van der Waals surface area contributed by atoms with Crippen LogP contribution in [0.3, 0.4) is 0 Å². The van der Waals surface area contributed by atoms with Gasteiger partial charge in [0.15, 0.2) is 11.5 Å². The molecule has 236 valence electrons. The van der Waals surface area contributed by atoms with E-state index < -0.39 is 5.97 Å². The number of likely N-dealkylation sites (tertiary alicyclic amines) is 1. The first-order valence-electron chi connectivity index (χ1n) is 15.8. The van der Waals surface area contributed by atoms with Gasteiger partial charge in [-0.1, -0.05) is 43.2 Å². The topological polar surface area (TPSA) is 106 Å². The fourth-order valence-corrected chi connectivity index (χ4v) is 6.97. The van der Waals surface area contributed by atoms with E-state index in [0.29, 0.717) is 37.1 Å². The molecule has 2 aliphatic heterocycles. The van der Waals surface area contributed by atoms with Gasteiger partial charge in [-0.25, -0.2) is 4.79 Å². The smallest absolute Gasteiger partial charge is 0.335 e. The van der Waals surface area contributed by atoms with Crippen LogP contribution >= 0.6 is 0 Å². The largest absolute Gasteiger partial charge is 0.493 e. The molecule has 2 amide bonds. The third kappa shape index (κ3) is 6.99. The van der Waals surface area contributed by atoms with Crippen molar-refractivity contribution in [3.63, 3.8) is 0 Å². The molecule has 3 aromatic carbocycles. The fraction of sp³-hybridized carbons (Fsp3) is 0.417. The summed E-state index contributed by atoms with van der Waals surface area (Å²) in [5.41, 5.74) is 4.91. The zero-order valence-corrected chi connectivity index (χ0v) is 25.7. The highest BCUT2D eigenvalue weighted by molar-refractivity contribution is 6.01. The number of benzene rings is 3. The number of ether oxygens (including phenoxy) is 3. The Morgan fingerprint density at radius 2 is 1.64 bits per heavy atom. The van der Waals surface area contributed by atoms with E-state index in [2.05, 4.69) is 23.1 Å². The first kappa shape index (κ1) is 30.6. The van der Waals surface area contributed by atoms with Crippen LogP contribution in [0.25, 0.3) is 0 Å². The minimum Gasteiger partial charge on any atom is -0.493 e. The van der Waals surface area contributed by atoms with E-state index in [-0.39, 0.29) is 49.4 Å². The number of rotatable bonds is 13. The molecule has 6 rings (SSSR count). The summed E-state index contributed by atoms with van der Waals surface area (Å²) in [6.45, 7) is 2.41. The highest BCUT2D eigenvalue weighted by atomic mass is 16.5. The van der Waals surface area contributed by atoms with Crippen LogP contribution in [-0.4, -0.2) is 59.6 Å². The van der Waals surface area contributed by atoms with Crippen molar-refractivity contribution in [3.05, 3.63) is 88.5 Å². The molecule has 2 heterocycles. The molecule has 0 aromatic heterocycles. The highest BCUT2D eigenvalue weighted by Crippen LogP contribution is 2.43. The monoisotopic (exact) mass is 612 g/mol. The van der Waals surface area contributed by atoms with Crippen molar-refractivity contribution in [2.24, 2.45) is 5.92 Å². The maximum atomic E-state index is 12.0. The van der Waals surface area contributed by atoms with Crippen molar-refractivity contribution >= 4 is 17.8 Å². The van der Waals surface area contributed by atoms with E-state index >= 15 is 0 Å². The number of methoxy groups -OCH3 is 1. The Kier molecular flexibility index (Phi) is 9.35. The lowest BCUT2D eigenvalue weighted by atomic mass is 9.88. The van der Waals surface area contributed by atoms with E-state index in [4.69, 9.17) is 14.2 Å². The third-order valence-corrected chi connectivity index (χ3v) is 9.22. The quantitative estimate of drug-likeness (QED) is 0.242. The molecule has 9 nitrogen and oxygen atoms in total. The van der Waals surface area contributed by atoms with Crippen molar-refractivity contribution < 1.29 is 33.7 Å². The molecule has 45 heavy (non-hydrogen) atoms. The van der Waals surface area contributed by atoms with E-state index in [1.807, 2.05) is 30.3 Å². The summed E-state index contributed by atoms with van der Waals surface area (Å²) < 4.78 is 17.5. The van der Waals surface area contributed by atoms with E-state index in [1.165, 1.54) is 28.9 Å². The van der Waals surface area contributed by atoms with E-state index in [0.717, 1.165) is 36.1 Å². The molecule has 1 aliphatic carbocycles. The number of carbonyl (C=O) groups is 3. The minimum atomic E-state index is -0.935. The molecular formula is C36H40N2O7. The Bertz CT molecular complexity index is 1530. The predicted octanol–water partition coefficient (Wildman–Crippen LogP) is 5.79. The van der Waals surface area contributed by atoms with Crippen molar-refractivity contribution in [2.45, 2.75) is 64.1 Å². The van der Waals surface area contributed by atoms with Crippen molar-refractivity contribution in [1.82, 2.24) is 9.80 Å². The molecule has 1 saturated heterocycles. The van der Waals surface area contributed by atoms with Gasteiger partial charge < -0.3 is 19.3 Å². The number of amides is 2. The average molecular weight is 613 g/mol. The van der Waals surface area contributed by atoms with Crippen LogP contribution in [0, 0.1) is 5.92 Å². The molecule has 2 fully saturated rings. The molecular weight excluding hydrogens is 572 g/mol. The van der Waals surface area contributed by atoms with Gasteiger partial charge in [0, 0.05) is 38.4 Å². The summed E-state index contributed by atoms with van der Waals surface area (Å²) in [6.07, 6.45) is 6.18. The summed E-state index contributed by atoms with van der Waals surface area (Å²) in [7, 11) is 1.61. The third-order valence-electron chi connectivity index (χ3n) is 9.22. The zero-order valence-electron chi connectivity index (χ0n) is 25.7. The van der Waals surface area contributed by atoms with Crippen LogP contribution < -0.4 is 14.2 Å². The van der Waals surface area contributed by atoms with Crippen LogP contribution in [-0.2, 0) is 29.1 Å². The Hall–Kier alpha value is -4.37. The summed E-state index contributed by atoms with van der Waals surface area (Å²) in [6, 6.07) is 19.9. The molecule has 1 saturated carbocycles. The van der Waals surface area contributed by atoms with Gasteiger partial charge in [0.05, 0.1) is 25.8 Å². The number of aromatic carboxylic acids is 1. The number of carboxylic acid groups (broad SMARTS) is 1. The molecule has 9 heteroatoms. The minimum absolute atomic E-state index is 0.156. The Morgan fingerprint density at radius 1 is 0.933 bits per heavy atom. The van der Waals surface area contributed by atoms with Gasteiger partial charge >= 0.3 is 5.97 Å². The van der Waals surface area contributed by atoms with Gasteiger partial charge in [0.1, 0.15) is 12.4 Å².